The van der Waals surface area contributed by atoms with Crippen molar-refractivity contribution in [3.8, 4) is 5.75 Å². The molecular formula is C12H16N2O5. The van der Waals surface area contributed by atoms with Crippen LogP contribution in [0.5, 0.6) is 5.75 Å². The molecule has 0 radical (unpaired) electrons. The number of nitrogens with zero attached hydrogens (tertiary/aromatic N) is 1. The first-order chi connectivity index (χ1) is 8.97. The van der Waals surface area contributed by atoms with Gasteiger partial charge in [-0.1, -0.05) is 6.07 Å². The van der Waals surface area contributed by atoms with E-state index in [-0.39, 0.29) is 30.2 Å². The second-order valence-electron chi connectivity index (χ2n) is 3.90. The number of nitro groups is 1. The molecule has 2 N–H and O–H groups in total. The van der Waals surface area contributed by atoms with E-state index in [2.05, 4.69) is 5.32 Å². The summed E-state index contributed by atoms with van der Waals surface area (Å²) in [6.45, 7) is 3.52. The van der Waals surface area contributed by atoms with Gasteiger partial charge in [0.15, 0.2) is 5.56 Å². The van der Waals surface area contributed by atoms with Gasteiger partial charge in [-0.15, -0.1) is 0 Å². The molecule has 1 aromatic carbocycles. The fourth-order valence-electron chi connectivity index (χ4n) is 1.50. The second kappa shape index (κ2) is 6.69. The van der Waals surface area contributed by atoms with E-state index >= 15 is 0 Å². The first kappa shape index (κ1) is 14.9. The lowest BCUT2D eigenvalue weighted by atomic mass is 10.1. The highest BCUT2D eigenvalue weighted by Crippen LogP contribution is 2.28. The highest BCUT2D eigenvalue weighted by molar-refractivity contribution is 6.00. The normalized spacial score (nSPS) is 11.7. The third-order valence-electron chi connectivity index (χ3n) is 2.29. The van der Waals surface area contributed by atoms with Gasteiger partial charge in [0.25, 0.3) is 11.6 Å². The maximum atomic E-state index is 12.0. The topological polar surface area (TPSA) is 102 Å². The van der Waals surface area contributed by atoms with E-state index in [1.54, 1.807) is 6.92 Å². The molecule has 19 heavy (non-hydrogen) atoms. The number of carbonyl (C=O) groups is 1. The molecule has 0 saturated heterocycles. The number of benzene rings is 1. The number of rotatable bonds is 6. The number of carbonyl (C=O) groups excluding carboxylic acids is 1. The Hall–Kier alpha value is -2.15. The Kier molecular flexibility index (Phi) is 5.25. The lowest BCUT2D eigenvalue weighted by molar-refractivity contribution is -0.385. The molecule has 0 aliphatic heterocycles. The quantitative estimate of drug-likeness (QED) is 0.594. The maximum absolute atomic E-state index is 12.0. The van der Waals surface area contributed by atoms with E-state index in [0.29, 0.717) is 0 Å². The molecule has 7 heteroatoms. The van der Waals surface area contributed by atoms with E-state index in [4.69, 9.17) is 9.84 Å². The van der Waals surface area contributed by atoms with E-state index in [1.165, 1.54) is 25.1 Å². The lowest BCUT2D eigenvalue weighted by Gasteiger charge is -2.11. The zero-order chi connectivity index (χ0) is 14.4. The Balaban J connectivity index is 3.13. The summed E-state index contributed by atoms with van der Waals surface area (Å²) >= 11 is 0. The minimum Gasteiger partial charge on any atom is -0.493 e. The predicted octanol–water partition coefficient (Wildman–Crippen LogP) is 1.10. The van der Waals surface area contributed by atoms with Crippen LogP contribution in [-0.4, -0.2) is 35.2 Å². The van der Waals surface area contributed by atoms with Gasteiger partial charge in [0.2, 0.25) is 0 Å². The monoisotopic (exact) mass is 268 g/mol. The van der Waals surface area contributed by atoms with E-state index in [1.807, 2.05) is 0 Å². The number of aliphatic hydroxyl groups is 1. The molecule has 1 rings (SSSR count). The number of ether oxygens (including phenoxy) is 1. The van der Waals surface area contributed by atoms with Crippen LogP contribution in [0.2, 0.25) is 0 Å². The molecule has 1 aromatic rings. The Morgan fingerprint density at radius 2 is 2.26 bits per heavy atom. The molecular weight excluding hydrogens is 252 g/mol. The molecule has 0 saturated carbocycles. The first-order valence-corrected chi connectivity index (χ1v) is 5.83. The highest BCUT2D eigenvalue weighted by Gasteiger charge is 2.24. The molecule has 0 fully saturated rings. The van der Waals surface area contributed by atoms with Gasteiger partial charge in [-0.05, 0) is 19.9 Å². The van der Waals surface area contributed by atoms with Crippen molar-refractivity contribution < 1.29 is 19.6 Å². The predicted molar refractivity (Wildman–Crippen MR) is 68.3 cm³/mol. The first-order valence-electron chi connectivity index (χ1n) is 5.83. The number of amides is 1. The Morgan fingerprint density at radius 1 is 1.58 bits per heavy atom. The molecule has 104 valence electrons. The molecule has 0 heterocycles. The van der Waals surface area contributed by atoms with Crippen LogP contribution in [-0.2, 0) is 0 Å². The molecule has 0 spiro atoms. The van der Waals surface area contributed by atoms with Crippen molar-refractivity contribution in [1.82, 2.24) is 5.32 Å². The summed E-state index contributed by atoms with van der Waals surface area (Å²) in [6, 6.07) is 4.18. The summed E-state index contributed by atoms with van der Waals surface area (Å²) in [5.41, 5.74) is -0.455. The van der Waals surface area contributed by atoms with Crippen molar-refractivity contribution in [1.29, 1.82) is 0 Å². The van der Waals surface area contributed by atoms with Crippen LogP contribution in [0.4, 0.5) is 5.69 Å². The van der Waals surface area contributed by atoms with Crippen LogP contribution in [0.25, 0.3) is 0 Å². The summed E-state index contributed by atoms with van der Waals surface area (Å²) in [5.74, 6) is -0.489. The van der Waals surface area contributed by atoms with Crippen LogP contribution in [0.1, 0.15) is 24.2 Å². The van der Waals surface area contributed by atoms with Crippen LogP contribution < -0.4 is 10.1 Å². The SMILES string of the molecule is CCOc1cccc([N+](=O)[O-])c1C(=O)NCC(C)O. The van der Waals surface area contributed by atoms with E-state index in [0.717, 1.165) is 0 Å². The minimum atomic E-state index is -0.734. The Morgan fingerprint density at radius 3 is 2.79 bits per heavy atom. The summed E-state index contributed by atoms with van der Waals surface area (Å²) in [6.07, 6.45) is -0.734. The van der Waals surface area contributed by atoms with Gasteiger partial charge in [0, 0.05) is 12.6 Å². The lowest BCUT2D eigenvalue weighted by Crippen LogP contribution is -2.31. The summed E-state index contributed by atoms with van der Waals surface area (Å²) in [7, 11) is 0. The van der Waals surface area contributed by atoms with Crippen molar-refractivity contribution in [2.75, 3.05) is 13.2 Å². The molecule has 7 nitrogen and oxygen atoms in total. The average molecular weight is 268 g/mol. The number of hydrogen-bond acceptors (Lipinski definition) is 5. The van der Waals surface area contributed by atoms with Crippen LogP contribution in [0, 0.1) is 10.1 Å². The smallest absolute Gasteiger partial charge is 0.285 e. The zero-order valence-electron chi connectivity index (χ0n) is 10.8. The van der Waals surface area contributed by atoms with Crippen molar-refractivity contribution in [3.63, 3.8) is 0 Å². The van der Waals surface area contributed by atoms with Gasteiger partial charge < -0.3 is 15.2 Å². The van der Waals surface area contributed by atoms with Crippen molar-refractivity contribution in [2.24, 2.45) is 0 Å². The van der Waals surface area contributed by atoms with E-state index < -0.39 is 16.9 Å². The second-order valence-corrected chi connectivity index (χ2v) is 3.90. The van der Waals surface area contributed by atoms with Gasteiger partial charge in [-0.2, -0.15) is 0 Å². The number of nitro benzene ring substituents is 1. The average Bonchev–Trinajstić information content (AvgIpc) is 2.36. The minimum absolute atomic E-state index is 0.0104. The van der Waals surface area contributed by atoms with Gasteiger partial charge in [-0.3, -0.25) is 14.9 Å². The van der Waals surface area contributed by atoms with Crippen LogP contribution in [0.3, 0.4) is 0 Å². The maximum Gasteiger partial charge on any atom is 0.285 e. The molecule has 0 aromatic heterocycles. The summed E-state index contributed by atoms with van der Waals surface area (Å²) in [4.78, 5) is 22.3. The molecule has 1 amide bonds. The highest BCUT2D eigenvalue weighted by atomic mass is 16.6. The zero-order valence-corrected chi connectivity index (χ0v) is 10.8. The van der Waals surface area contributed by atoms with Gasteiger partial charge in [0.05, 0.1) is 17.6 Å². The van der Waals surface area contributed by atoms with Gasteiger partial charge in [0.1, 0.15) is 5.75 Å². The van der Waals surface area contributed by atoms with Crippen molar-refractivity contribution >= 4 is 11.6 Å². The Labute approximate surface area is 110 Å². The Bertz CT molecular complexity index is 473. The van der Waals surface area contributed by atoms with Crippen LogP contribution >= 0.6 is 0 Å². The standard InChI is InChI=1S/C12H16N2O5/c1-3-19-10-6-4-5-9(14(17)18)11(10)12(16)13-7-8(2)15/h4-6,8,15H,3,7H2,1-2H3,(H,13,16). The molecule has 0 aliphatic carbocycles. The third kappa shape index (κ3) is 3.92. The van der Waals surface area contributed by atoms with Crippen molar-refractivity contribution in [2.45, 2.75) is 20.0 Å². The van der Waals surface area contributed by atoms with Crippen LogP contribution in [0.15, 0.2) is 18.2 Å². The summed E-state index contributed by atoms with van der Waals surface area (Å²) < 4.78 is 5.23. The fraction of sp³-hybridized carbons (Fsp3) is 0.417. The largest absolute Gasteiger partial charge is 0.493 e. The van der Waals surface area contributed by atoms with Gasteiger partial charge >= 0.3 is 0 Å². The number of nitrogens with one attached hydrogen (secondary N) is 1. The van der Waals surface area contributed by atoms with E-state index in [9.17, 15) is 14.9 Å². The molecule has 1 unspecified atom stereocenters. The number of hydrogen-bond donors (Lipinski definition) is 2. The third-order valence-corrected chi connectivity index (χ3v) is 2.29. The molecule has 0 aliphatic rings. The molecule has 1 atom stereocenters. The fourth-order valence-corrected chi connectivity index (χ4v) is 1.50. The van der Waals surface area contributed by atoms with Gasteiger partial charge in [-0.25, -0.2) is 0 Å². The summed E-state index contributed by atoms with van der Waals surface area (Å²) in [5, 5.41) is 22.5. The van der Waals surface area contributed by atoms with Crippen molar-refractivity contribution in [3.05, 3.63) is 33.9 Å². The molecule has 0 bridgehead atoms. The number of aliphatic hydroxyl groups excluding tert-OH is 1.